The molecular weight excluding hydrogens is 493 g/mol. The van der Waals surface area contributed by atoms with Crippen molar-refractivity contribution in [3.8, 4) is 0 Å². The highest BCUT2D eigenvalue weighted by Crippen LogP contribution is 2.21. The lowest BCUT2D eigenvalue weighted by Gasteiger charge is -2.30. The Morgan fingerprint density at radius 3 is 2.26 bits per heavy atom. The largest absolute Gasteiger partial charge is 0.354 e. The average Bonchev–Trinajstić information content (AvgIpc) is 2.79. The van der Waals surface area contributed by atoms with Gasteiger partial charge in [-0.1, -0.05) is 43.6 Å². The summed E-state index contributed by atoms with van der Waals surface area (Å²) in [5.41, 5.74) is 1.02. The first-order valence-electron chi connectivity index (χ1n) is 11.4. The smallest absolute Gasteiger partial charge is 0.242 e. The zero-order valence-corrected chi connectivity index (χ0v) is 22.1. The zero-order valence-electron chi connectivity index (χ0n) is 20.5. The van der Waals surface area contributed by atoms with Gasteiger partial charge in [0.1, 0.15) is 11.9 Å². The van der Waals surface area contributed by atoms with E-state index < -0.39 is 21.9 Å². The number of carbonyl (C=O) groups excluding carboxylic acids is 2. The van der Waals surface area contributed by atoms with Gasteiger partial charge in [0.15, 0.2) is 0 Å². The summed E-state index contributed by atoms with van der Waals surface area (Å²) in [6.45, 7) is 6.27. The summed E-state index contributed by atoms with van der Waals surface area (Å²) in [5, 5.41) is 3.34. The quantitative estimate of drug-likeness (QED) is 0.449. The molecule has 0 radical (unpaired) electrons. The molecule has 35 heavy (non-hydrogen) atoms. The summed E-state index contributed by atoms with van der Waals surface area (Å²) in [4.78, 5) is 27.4. The van der Waals surface area contributed by atoms with Crippen molar-refractivity contribution in [2.45, 2.75) is 46.2 Å². The highest BCUT2D eigenvalue weighted by atomic mass is 35.5. The van der Waals surface area contributed by atoms with Crippen molar-refractivity contribution < 1.29 is 22.4 Å². The molecule has 0 unspecified atom stereocenters. The molecule has 0 aliphatic rings. The molecule has 0 saturated carbocycles. The van der Waals surface area contributed by atoms with Gasteiger partial charge in [-0.05, 0) is 55.2 Å². The van der Waals surface area contributed by atoms with Gasteiger partial charge in [-0.25, -0.2) is 12.8 Å². The highest BCUT2D eigenvalue weighted by molar-refractivity contribution is 7.92. The lowest BCUT2D eigenvalue weighted by atomic mass is 10.1. The summed E-state index contributed by atoms with van der Waals surface area (Å²) in [6.07, 6.45) is 1.28. The molecule has 0 fully saturated rings. The molecule has 0 aliphatic heterocycles. The molecule has 0 bridgehead atoms. The Kier molecular flexibility index (Phi) is 10.5. The first-order chi connectivity index (χ1) is 16.4. The van der Waals surface area contributed by atoms with Crippen LogP contribution in [0.25, 0.3) is 0 Å². The summed E-state index contributed by atoms with van der Waals surface area (Å²) in [7, 11) is -3.64. The summed E-state index contributed by atoms with van der Waals surface area (Å²) < 4.78 is 39.0. The van der Waals surface area contributed by atoms with Gasteiger partial charge in [-0.3, -0.25) is 13.9 Å². The van der Waals surface area contributed by atoms with Crippen molar-refractivity contribution >= 4 is 39.1 Å². The minimum Gasteiger partial charge on any atom is -0.354 e. The van der Waals surface area contributed by atoms with Crippen molar-refractivity contribution in [1.82, 2.24) is 10.2 Å². The molecule has 0 heterocycles. The molecule has 0 saturated heterocycles. The molecule has 10 heteroatoms. The molecule has 0 aliphatic carbocycles. The van der Waals surface area contributed by atoms with E-state index in [1.165, 1.54) is 29.2 Å². The Morgan fingerprint density at radius 2 is 1.69 bits per heavy atom. The van der Waals surface area contributed by atoms with Crippen LogP contribution in [0.5, 0.6) is 0 Å². The fourth-order valence-electron chi connectivity index (χ4n) is 3.46. The summed E-state index contributed by atoms with van der Waals surface area (Å²) in [6, 6.07) is 11.5. The van der Waals surface area contributed by atoms with Crippen LogP contribution in [-0.2, 0) is 26.2 Å². The van der Waals surface area contributed by atoms with E-state index in [-0.39, 0.29) is 43.7 Å². The van der Waals surface area contributed by atoms with Gasteiger partial charge in [0.2, 0.25) is 21.8 Å². The minimum atomic E-state index is -3.64. The van der Waals surface area contributed by atoms with Gasteiger partial charge in [-0.2, -0.15) is 0 Å². The van der Waals surface area contributed by atoms with Crippen molar-refractivity contribution in [2.75, 3.05) is 23.7 Å². The second-order valence-corrected chi connectivity index (χ2v) is 11.2. The van der Waals surface area contributed by atoms with E-state index in [2.05, 4.69) is 5.32 Å². The lowest BCUT2D eigenvalue weighted by molar-refractivity contribution is -0.140. The van der Waals surface area contributed by atoms with E-state index >= 15 is 0 Å². The van der Waals surface area contributed by atoms with Crippen molar-refractivity contribution in [3.63, 3.8) is 0 Å². The predicted molar refractivity (Wildman–Crippen MR) is 137 cm³/mol. The number of sulfonamides is 1. The first kappa shape index (κ1) is 28.6. The van der Waals surface area contributed by atoms with Crippen LogP contribution in [0.2, 0.25) is 5.02 Å². The number of anilines is 1. The third-order valence-electron chi connectivity index (χ3n) is 5.42. The van der Waals surface area contributed by atoms with Crippen LogP contribution in [-0.4, -0.2) is 50.5 Å². The molecule has 2 rings (SSSR count). The highest BCUT2D eigenvalue weighted by Gasteiger charge is 2.27. The topological polar surface area (TPSA) is 86.8 Å². The third kappa shape index (κ3) is 8.81. The normalized spacial score (nSPS) is 12.3. The van der Waals surface area contributed by atoms with Gasteiger partial charge in [0.25, 0.3) is 0 Å². The van der Waals surface area contributed by atoms with Crippen LogP contribution < -0.4 is 9.62 Å². The van der Waals surface area contributed by atoms with Crippen LogP contribution in [0.3, 0.4) is 0 Å². The number of carbonyl (C=O) groups is 2. The lowest BCUT2D eigenvalue weighted by Crippen LogP contribution is -2.48. The molecule has 192 valence electrons. The zero-order chi connectivity index (χ0) is 26.2. The number of rotatable bonds is 12. The van der Waals surface area contributed by atoms with Gasteiger partial charge in [0.05, 0.1) is 11.9 Å². The third-order valence-corrected chi connectivity index (χ3v) is 6.98. The van der Waals surface area contributed by atoms with Gasteiger partial charge in [0, 0.05) is 31.1 Å². The van der Waals surface area contributed by atoms with Gasteiger partial charge in [-0.15, -0.1) is 0 Å². The van der Waals surface area contributed by atoms with Crippen LogP contribution in [0.4, 0.5) is 10.1 Å². The molecule has 2 aromatic rings. The molecular formula is C25H33ClFN3O4S. The fraction of sp³-hybridized carbons (Fsp3) is 0.440. The number of hydrogen-bond acceptors (Lipinski definition) is 4. The number of amides is 2. The molecule has 2 aromatic carbocycles. The molecule has 1 atom stereocenters. The number of benzene rings is 2. The fourth-order valence-corrected chi connectivity index (χ4v) is 4.62. The second kappa shape index (κ2) is 12.9. The Labute approximate surface area is 212 Å². The summed E-state index contributed by atoms with van der Waals surface area (Å²) in [5.74, 6) is -0.794. The Hall–Kier alpha value is -2.65. The van der Waals surface area contributed by atoms with Crippen LogP contribution >= 0.6 is 11.6 Å². The van der Waals surface area contributed by atoms with E-state index in [0.717, 1.165) is 10.6 Å². The standard InChI is InChI=1S/C25H33ClFN3O4S/c1-18(2)16-28-25(32)19(3)29(17-20-8-5-6-9-23(20)26)24(31)10-7-15-30(35(4,33)34)22-13-11-21(27)12-14-22/h5-6,8-9,11-14,18-19H,7,10,15-17H2,1-4H3,(H,28,32)/t19-/m1/s1. The van der Waals surface area contributed by atoms with Crippen LogP contribution in [0.15, 0.2) is 48.5 Å². The maximum atomic E-state index is 13.3. The predicted octanol–water partition coefficient (Wildman–Crippen LogP) is 4.21. The SMILES string of the molecule is CC(C)CNC(=O)[C@@H](C)N(Cc1ccccc1Cl)C(=O)CCCN(c1ccc(F)cc1)S(C)(=O)=O. The first-order valence-corrected chi connectivity index (χ1v) is 13.7. The van der Waals surface area contributed by atoms with Crippen LogP contribution in [0.1, 0.15) is 39.2 Å². The van der Waals surface area contributed by atoms with Crippen LogP contribution in [0, 0.1) is 11.7 Å². The molecule has 0 spiro atoms. The number of hydrogen-bond donors (Lipinski definition) is 1. The number of halogens is 2. The maximum absolute atomic E-state index is 13.3. The van der Waals surface area contributed by atoms with E-state index in [1.54, 1.807) is 31.2 Å². The molecule has 0 aromatic heterocycles. The van der Waals surface area contributed by atoms with E-state index in [4.69, 9.17) is 11.6 Å². The Bertz CT molecular complexity index is 1110. The molecule has 7 nitrogen and oxygen atoms in total. The molecule has 1 N–H and O–H groups in total. The van der Waals surface area contributed by atoms with E-state index in [9.17, 15) is 22.4 Å². The minimum absolute atomic E-state index is 0.0134. The van der Waals surface area contributed by atoms with Gasteiger partial charge < -0.3 is 10.2 Å². The Morgan fingerprint density at radius 1 is 1.06 bits per heavy atom. The molecule has 2 amide bonds. The number of nitrogens with zero attached hydrogens (tertiary/aromatic N) is 2. The Balaban J connectivity index is 2.16. The van der Waals surface area contributed by atoms with Crippen molar-refractivity contribution in [3.05, 3.63) is 64.9 Å². The average molecular weight is 526 g/mol. The van der Waals surface area contributed by atoms with Gasteiger partial charge >= 0.3 is 0 Å². The monoisotopic (exact) mass is 525 g/mol. The van der Waals surface area contributed by atoms with Crippen molar-refractivity contribution in [1.29, 1.82) is 0 Å². The summed E-state index contributed by atoms with van der Waals surface area (Å²) >= 11 is 6.30. The number of nitrogens with one attached hydrogen (secondary N) is 1. The van der Waals surface area contributed by atoms with E-state index in [0.29, 0.717) is 22.8 Å². The van der Waals surface area contributed by atoms with E-state index in [1.807, 2.05) is 13.8 Å². The maximum Gasteiger partial charge on any atom is 0.242 e. The second-order valence-electron chi connectivity index (χ2n) is 8.84. The van der Waals surface area contributed by atoms with Crippen molar-refractivity contribution in [2.24, 2.45) is 5.92 Å².